The zero-order chi connectivity index (χ0) is 25.0. The molecule has 1 aliphatic rings. The minimum Gasteiger partial charge on any atom is -0.469 e. The molecule has 3 aromatic carbocycles. The molecule has 1 aliphatic heterocycles. The Morgan fingerprint density at radius 2 is 1.63 bits per heavy atom. The number of ketones is 1. The number of rotatable bonds is 8. The molecule has 3 N–H and O–H groups in total. The van der Waals surface area contributed by atoms with E-state index in [1.807, 2.05) is 54.6 Å². The van der Waals surface area contributed by atoms with Gasteiger partial charge < -0.3 is 15.4 Å². The van der Waals surface area contributed by atoms with Crippen molar-refractivity contribution in [1.82, 2.24) is 0 Å². The number of anilines is 1. The van der Waals surface area contributed by atoms with Crippen molar-refractivity contribution < 1.29 is 19.1 Å². The van der Waals surface area contributed by atoms with Crippen molar-refractivity contribution in [2.24, 2.45) is 5.73 Å². The number of amides is 1. The Morgan fingerprint density at radius 3 is 2.23 bits per heavy atom. The number of ether oxygens (including phenoxy) is 1. The molecule has 0 radical (unpaired) electrons. The zero-order valence-electron chi connectivity index (χ0n) is 19.5. The van der Waals surface area contributed by atoms with Crippen LogP contribution in [0.15, 0.2) is 78.9 Å². The van der Waals surface area contributed by atoms with Gasteiger partial charge in [0.2, 0.25) is 5.91 Å². The lowest BCUT2D eigenvalue weighted by Gasteiger charge is -2.27. The molecule has 4 rings (SSSR count). The fraction of sp³-hybridized carbons (Fsp3) is 0.214. The first-order chi connectivity index (χ1) is 16.8. The summed E-state index contributed by atoms with van der Waals surface area (Å²) in [5.74, 6) is -0.818. The van der Waals surface area contributed by atoms with Gasteiger partial charge in [0, 0.05) is 17.7 Å². The molecule has 0 spiro atoms. The van der Waals surface area contributed by atoms with Crippen molar-refractivity contribution in [2.45, 2.75) is 24.7 Å². The second kappa shape index (κ2) is 9.93. The lowest BCUT2D eigenvalue weighted by Crippen LogP contribution is -2.43. The molecule has 1 heterocycles. The van der Waals surface area contributed by atoms with Gasteiger partial charge in [-0.15, -0.1) is 0 Å². The van der Waals surface area contributed by atoms with E-state index in [-0.39, 0.29) is 42.9 Å². The number of benzene rings is 3. The highest BCUT2D eigenvalue weighted by Crippen LogP contribution is 2.39. The average Bonchev–Trinajstić information content (AvgIpc) is 3.13. The number of carbonyl (C=O) groups is 3. The van der Waals surface area contributed by atoms with Gasteiger partial charge in [-0.2, -0.15) is 0 Å². The first-order valence-corrected chi connectivity index (χ1v) is 11.3. The van der Waals surface area contributed by atoms with Gasteiger partial charge in [0.15, 0.2) is 5.78 Å². The van der Waals surface area contributed by atoms with Crippen molar-refractivity contribution in [2.75, 3.05) is 18.6 Å². The molecule has 7 heteroatoms. The standard InChI is InChI=1S/C28H27N3O4/c1-35-25(33)16-9-19-7-12-22(13-8-19)28(17-20-5-3-2-4-6-20)24(32)18-31(27(28)34)23-14-10-21(11-15-23)26(29)30/h2-8,10-15H,9,16-18H2,1H3,(H3,29,30). The van der Waals surface area contributed by atoms with Gasteiger partial charge >= 0.3 is 5.97 Å². The van der Waals surface area contributed by atoms with Crippen LogP contribution in [0.25, 0.3) is 0 Å². The Kier molecular flexibility index (Phi) is 6.78. The maximum Gasteiger partial charge on any atom is 0.305 e. The summed E-state index contributed by atoms with van der Waals surface area (Å²) in [5, 5.41) is 7.59. The van der Waals surface area contributed by atoms with Crippen LogP contribution in [0.3, 0.4) is 0 Å². The third kappa shape index (κ3) is 4.71. The van der Waals surface area contributed by atoms with Gasteiger partial charge in [-0.05, 0) is 53.8 Å². The Labute approximate surface area is 204 Å². The molecule has 178 valence electrons. The van der Waals surface area contributed by atoms with Gasteiger partial charge in [0.25, 0.3) is 0 Å². The molecule has 1 saturated heterocycles. The molecule has 3 aromatic rings. The second-order valence-electron chi connectivity index (χ2n) is 8.62. The van der Waals surface area contributed by atoms with E-state index in [0.29, 0.717) is 23.2 Å². The molecule has 7 nitrogen and oxygen atoms in total. The van der Waals surface area contributed by atoms with Crippen LogP contribution in [0.5, 0.6) is 0 Å². The molecule has 0 aromatic heterocycles. The number of nitrogen functional groups attached to an aromatic ring is 1. The van der Waals surface area contributed by atoms with Crippen molar-refractivity contribution in [3.05, 3.63) is 101 Å². The van der Waals surface area contributed by atoms with Crippen LogP contribution in [-0.4, -0.2) is 37.1 Å². The van der Waals surface area contributed by atoms with Crippen LogP contribution in [0.1, 0.15) is 28.7 Å². The van der Waals surface area contributed by atoms with E-state index in [9.17, 15) is 14.4 Å². The number of hydrogen-bond acceptors (Lipinski definition) is 5. The summed E-state index contributed by atoms with van der Waals surface area (Å²) < 4.78 is 4.71. The molecular weight excluding hydrogens is 442 g/mol. The second-order valence-corrected chi connectivity index (χ2v) is 8.62. The van der Waals surface area contributed by atoms with E-state index >= 15 is 0 Å². The summed E-state index contributed by atoms with van der Waals surface area (Å²) in [5.41, 5.74) is 7.75. The quantitative estimate of drug-likeness (QED) is 0.228. The van der Waals surface area contributed by atoms with Crippen LogP contribution >= 0.6 is 0 Å². The maximum atomic E-state index is 14.0. The molecule has 1 amide bonds. The molecule has 35 heavy (non-hydrogen) atoms. The molecule has 0 aliphatic carbocycles. The van der Waals surface area contributed by atoms with Crippen molar-refractivity contribution in [3.63, 3.8) is 0 Å². The lowest BCUT2D eigenvalue weighted by atomic mass is 9.73. The van der Waals surface area contributed by atoms with E-state index in [1.165, 1.54) is 12.0 Å². The van der Waals surface area contributed by atoms with Crippen LogP contribution in [0, 0.1) is 5.41 Å². The summed E-state index contributed by atoms with van der Waals surface area (Å²) in [4.78, 5) is 40.6. The number of nitrogens with one attached hydrogen (secondary N) is 1. The van der Waals surface area contributed by atoms with Crippen LogP contribution < -0.4 is 10.6 Å². The van der Waals surface area contributed by atoms with Crippen LogP contribution in [0.4, 0.5) is 5.69 Å². The number of hydrogen-bond donors (Lipinski definition) is 2. The van der Waals surface area contributed by atoms with Gasteiger partial charge in [0.1, 0.15) is 11.3 Å². The number of amidine groups is 1. The number of aryl methyl sites for hydroxylation is 1. The van der Waals surface area contributed by atoms with E-state index in [4.69, 9.17) is 15.9 Å². The molecule has 0 saturated carbocycles. The van der Waals surface area contributed by atoms with Gasteiger partial charge in [-0.3, -0.25) is 19.8 Å². The van der Waals surface area contributed by atoms with E-state index in [0.717, 1.165) is 11.1 Å². The molecular formula is C28H27N3O4. The van der Waals surface area contributed by atoms with E-state index in [1.54, 1.807) is 24.3 Å². The third-order valence-electron chi connectivity index (χ3n) is 6.48. The minimum atomic E-state index is -1.36. The number of methoxy groups -OCH3 is 1. The lowest BCUT2D eigenvalue weighted by molar-refractivity contribution is -0.140. The number of nitrogens with zero attached hydrogens (tertiary/aromatic N) is 1. The fourth-order valence-electron chi connectivity index (χ4n) is 4.50. The third-order valence-corrected chi connectivity index (χ3v) is 6.48. The fourth-order valence-corrected chi connectivity index (χ4v) is 4.50. The minimum absolute atomic E-state index is 0.0465. The predicted octanol–water partition coefficient (Wildman–Crippen LogP) is 3.17. The molecule has 1 atom stereocenters. The maximum absolute atomic E-state index is 14.0. The van der Waals surface area contributed by atoms with E-state index < -0.39 is 5.41 Å². The molecule has 1 fully saturated rings. The van der Waals surface area contributed by atoms with Gasteiger partial charge in [-0.25, -0.2) is 0 Å². The SMILES string of the molecule is COC(=O)CCc1ccc(C2(Cc3ccccc3)C(=O)CN(c3ccc(C(=N)N)cc3)C2=O)cc1. The summed E-state index contributed by atoms with van der Waals surface area (Å²) >= 11 is 0. The monoisotopic (exact) mass is 469 g/mol. The Morgan fingerprint density at radius 1 is 0.971 bits per heavy atom. The summed E-state index contributed by atoms with van der Waals surface area (Å²) in [6.07, 6.45) is 1.01. The molecule has 1 unspecified atom stereocenters. The normalized spacial score (nSPS) is 17.5. The van der Waals surface area contributed by atoms with Gasteiger partial charge in [0.05, 0.1) is 13.7 Å². The average molecular weight is 470 g/mol. The predicted molar refractivity (Wildman–Crippen MR) is 133 cm³/mol. The van der Waals surface area contributed by atoms with Crippen molar-refractivity contribution in [1.29, 1.82) is 5.41 Å². The highest BCUT2D eigenvalue weighted by molar-refractivity contribution is 6.25. The Balaban J connectivity index is 1.71. The highest BCUT2D eigenvalue weighted by atomic mass is 16.5. The number of nitrogens with two attached hydrogens (primary N) is 1. The number of esters is 1. The number of carbonyl (C=O) groups excluding carboxylic acids is 3. The first kappa shape index (κ1) is 23.9. The highest BCUT2D eigenvalue weighted by Gasteiger charge is 2.55. The largest absolute Gasteiger partial charge is 0.469 e. The number of Topliss-reactive ketones (excluding diaryl/α,β-unsaturated/α-hetero) is 1. The van der Waals surface area contributed by atoms with Crippen LogP contribution in [-0.2, 0) is 37.4 Å². The van der Waals surface area contributed by atoms with Gasteiger partial charge in [-0.1, -0.05) is 54.6 Å². The Hall–Kier alpha value is -4.26. The first-order valence-electron chi connectivity index (χ1n) is 11.3. The Bertz CT molecular complexity index is 1250. The van der Waals surface area contributed by atoms with Crippen molar-refractivity contribution >= 4 is 29.2 Å². The van der Waals surface area contributed by atoms with E-state index in [2.05, 4.69) is 0 Å². The smallest absolute Gasteiger partial charge is 0.305 e. The topological polar surface area (TPSA) is 114 Å². The van der Waals surface area contributed by atoms with Crippen LogP contribution in [0.2, 0.25) is 0 Å². The summed E-state index contributed by atoms with van der Waals surface area (Å²) in [7, 11) is 1.36. The molecule has 0 bridgehead atoms. The summed E-state index contributed by atoms with van der Waals surface area (Å²) in [6.45, 7) is -0.0465. The zero-order valence-corrected chi connectivity index (χ0v) is 19.5. The van der Waals surface area contributed by atoms with Crippen molar-refractivity contribution in [3.8, 4) is 0 Å². The summed E-state index contributed by atoms with van der Waals surface area (Å²) in [6, 6.07) is 23.6.